The van der Waals surface area contributed by atoms with Gasteiger partial charge in [-0.25, -0.2) is 0 Å². The van der Waals surface area contributed by atoms with Crippen LogP contribution in [-0.4, -0.2) is 51.3 Å². The number of amides is 1. The molecule has 1 amide bonds. The second-order valence-corrected chi connectivity index (χ2v) is 7.23. The Morgan fingerprint density at radius 3 is 2.90 bits per heavy atom. The molecule has 5 rings (SSSR count). The molecule has 3 heterocycles. The maximum atomic E-state index is 13.0. The normalized spacial score (nSPS) is 31.2. The number of nitrogens with zero attached hydrogens (tertiary/aromatic N) is 3. The highest BCUT2D eigenvalue weighted by atomic mass is 32.1. The number of benzene rings is 1. The monoisotopic (exact) mass is 299 g/mol. The molecule has 1 saturated carbocycles. The molecule has 21 heavy (non-hydrogen) atoms. The maximum absolute atomic E-state index is 13.0. The van der Waals surface area contributed by atoms with Crippen molar-refractivity contribution in [2.45, 2.75) is 30.8 Å². The van der Waals surface area contributed by atoms with Crippen LogP contribution in [0.15, 0.2) is 24.3 Å². The summed E-state index contributed by atoms with van der Waals surface area (Å²) in [6.45, 7) is 3.11. The van der Waals surface area contributed by atoms with Crippen LogP contribution < -0.4 is 0 Å². The number of carbonyl (C=O) groups is 1. The van der Waals surface area contributed by atoms with E-state index in [1.807, 2.05) is 24.3 Å². The molecule has 5 heteroatoms. The molecule has 2 saturated heterocycles. The Morgan fingerprint density at radius 1 is 1.24 bits per heavy atom. The number of fused-ring (bicyclic) bond motifs is 1. The van der Waals surface area contributed by atoms with E-state index in [-0.39, 0.29) is 5.91 Å². The number of hydrogen-bond donors (Lipinski definition) is 0. The van der Waals surface area contributed by atoms with Gasteiger partial charge in [0.2, 0.25) is 0 Å². The predicted molar refractivity (Wildman–Crippen MR) is 82.6 cm³/mol. The summed E-state index contributed by atoms with van der Waals surface area (Å²) in [6, 6.07) is 8.47. The molecule has 3 fully saturated rings. The highest BCUT2D eigenvalue weighted by Gasteiger charge is 2.61. The highest BCUT2D eigenvalue weighted by Crippen LogP contribution is 2.51. The van der Waals surface area contributed by atoms with Gasteiger partial charge in [-0.3, -0.25) is 9.69 Å². The molecule has 0 radical (unpaired) electrons. The van der Waals surface area contributed by atoms with Crippen molar-refractivity contribution in [2.75, 3.05) is 19.6 Å². The van der Waals surface area contributed by atoms with Gasteiger partial charge in [0.25, 0.3) is 5.91 Å². The van der Waals surface area contributed by atoms with Crippen molar-refractivity contribution in [2.24, 2.45) is 0 Å². The fraction of sp³-hybridized carbons (Fsp3) is 0.500. The van der Waals surface area contributed by atoms with Crippen LogP contribution in [0, 0.1) is 0 Å². The van der Waals surface area contributed by atoms with E-state index in [9.17, 15) is 4.79 Å². The third kappa shape index (κ3) is 1.43. The number of rotatable bonds is 1. The van der Waals surface area contributed by atoms with E-state index in [0.717, 1.165) is 29.6 Å². The number of aromatic nitrogens is 1. The molecular formula is C16H17N3OS. The van der Waals surface area contributed by atoms with Crippen LogP contribution >= 0.6 is 11.5 Å². The second kappa shape index (κ2) is 4.05. The summed E-state index contributed by atoms with van der Waals surface area (Å²) in [4.78, 5) is 17.7. The molecule has 4 nitrogen and oxygen atoms in total. The molecule has 1 aromatic heterocycles. The van der Waals surface area contributed by atoms with Gasteiger partial charge < -0.3 is 4.90 Å². The average Bonchev–Trinajstić information content (AvgIpc) is 2.86. The highest BCUT2D eigenvalue weighted by molar-refractivity contribution is 7.13. The largest absolute Gasteiger partial charge is 0.331 e. The lowest BCUT2D eigenvalue weighted by Gasteiger charge is -2.68. The van der Waals surface area contributed by atoms with Crippen molar-refractivity contribution in [1.29, 1.82) is 0 Å². The number of carbonyl (C=O) groups excluding carboxylic acids is 1. The molecule has 0 bridgehead atoms. The lowest BCUT2D eigenvalue weighted by atomic mass is 9.61. The van der Waals surface area contributed by atoms with Gasteiger partial charge in [-0.2, -0.15) is 4.37 Å². The molecule has 1 aliphatic carbocycles. The van der Waals surface area contributed by atoms with E-state index in [4.69, 9.17) is 0 Å². The molecule has 1 aromatic carbocycles. The first kappa shape index (κ1) is 12.1. The van der Waals surface area contributed by atoms with E-state index in [2.05, 4.69) is 14.2 Å². The smallest absolute Gasteiger partial charge is 0.274 e. The number of piperazine rings is 1. The van der Waals surface area contributed by atoms with Crippen LogP contribution in [0.5, 0.6) is 0 Å². The van der Waals surface area contributed by atoms with Gasteiger partial charge in [0.15, 0.2) is 0 Å². The quantitative estimate of drug-likeness (QED) is 0.811. The van der Waals surface area contributed by atoms with Gasteiger partial charge in [-0.1, -0.05) is 18.2 Å². The van der Waals surface area contributed by atoms with Crippen LogP contribution in [0.25, 0.3) is 10.1 Å². The van der Waals surface area contributed by atoms with Gasteiger partial charge in [0.1, 0.15) is 5.69 Å². The fourth-order valence-electron chi connectivity index (χ4n) is 4.41. The standard InChI is InChI=1S/C16H17N3OS/c20-15(14-11-3-1-2-4-12(11)21-17-14)19-10-9-18-8-7-16(18)6-5-13(16)19/h1-4,13H,5-10H2. The van der Waals surface area contributed by atoms with E-state index in [1.54, 1.807) is 0 Å². The zero-order valence-electron chi connectivity index (χ0n) is 11.8. The first-order valence-corrected chi connectivity index (χ1v) is 8.47. The molecule has 108 valence electrons. The summed E-state index contributed by atoms with van der Waals surface area (Å²) in [5.41, 5.74) is 0.991. The Hall–Kier alpha value is -1.46. The SMILES string of the molecule is O=C(c1nsc2ccccc12)N1CCN2CCC23CCC13. The lowest BCUT2D eigenvalue weighted by Crippen LogP contribution is -2.79. The van der Waals surface area contributed by atoms with E-state index < -0.39 is 0 Å². The summed E-state index contributed by atoms with van der Waals surface area (Å²) in [5, 5.41) is 1.01. The molecule has 3 aliphatic rings. The first-order valence-electron chi connectivity index (χ1n) is 7.70. The Balaban J connectivity index is 1.51. The zero-order valence-corrected chi connectivity index (χ0v) is 12.6. The Kier molecular flexibility index (Phi) is 2.34. The van der Waals surface area contributed by atoms with Crippen molar-refractivity contribution in [1.82, 2.24) is 14.2 Å². The van der Waals surface area contributed by atoms with Crippen LogP contribution in [0.2, 0.25) is 0 Å². The summed E-state index contributed by atoms with van der Waals surface area (Å²) in [6.07, 6.45) is 3.68. The summed E-state index contributed by atoms with van der Waals surface area (Å²) in [7, 11) is 0. The summed E-state index contributed by atoms with van der Waals surface area (Å²) in [5.74, 6) is 0.142. The Morgan fingerprint density at radius 2 is 2.14 bits per heavy atom. The molecule has 2 aliphatic heterocycles. The molecular weight excluding hydrogens is 282 g/mol. The molecule has 2 unspecified atom stereocenters. The maximum Gasteiger partial charge on any atom is 0.274 e. The van der Waals surface area contributed by atoms with Crippen LogP contribution in [0.1, 0.15) is 29.8 Å². The zero-order chi connectivity index (χ0) is 14.0. The van der Waals surface area contributed by atoms with E-state index >= 15 is 0 Å². The van der Waals surface area contributed by atoms with Gasteiger partial charge >= 0.3 is 0 Å². The van der Waals surface area contributed by atoms with Gasteiger partial charge in [-0.05, 0) is 36.9 Å². The molecule has 1 spiro atoms. The Bertz CT molecular complexity index is 738. The fourth-order valence-corrected chi connectivity index (χ4v) is 5.18. The third-order valence-electron chi connectivity index (χ3n) is 5.74. The molecule has 2 aromatic rings. The lowest BCUT2D eigenvalue weighted by molar-refractivity contribution is -0.161. The van der Waals surface area contributed by atoms with Crippen molar-refractivity contribution < 1.29 is 4.79 Å². The van der Waals surface area contributed by atoms with Crippen molar-refractivity contribution in [3.8, 4) is 0 Å². The third-order valence-corrected chi connectivity index (χ3v) is 6.57. The van der Waals surface area contributed by atoms with E-state index in [1.165, 1.54) is 30.9 Å². The first-order chi connectivity index (χ1) is 10.3. The van der Waals surface area contributed by atoms with Crippen molar-refractivity contribution in [3.63, 3.8) is 0 Å². The summed E-state index contributed by atoms with van der Waals surface area (Å²) >= 11 is 1.43. The average molecular weight is 299 g/mol. The van der Waals surface area contributed by atoms with Gasteiger partial charge in [0, 0.05) is 30.6 Å². The number of hydrogen-bond acceptors (Lipinski definition) is 4. The van der Waals surface area contributed by atoms with Crippen LogP contribution in [0.3, 0.4) is 0 Å². The minimum Gasteiger partial charge on any atom is -0.331 e. The topological polar surface area (TPSA) is 36.4 Å². The van der Waals surface area contributed by atoms with Gasteiger partial charge in [-0.15, -0.1) is 0 Å². The summed E-state index contributed by atoms with van der Waals surface area (Å²) < 4.78 is 5.55. The van der Waals surface area contributed by atoms with Crippen LogP contribution in [-0.2, 0) is 0 Å². The van der Waals surface area contributed by atoms with Crippen LogP contribution in [0.4, 0.5) is 0 Å². The molecule has 0 N–H and O–H groups in total. The predicted octanol–water partition coefficient (Wildman–Crippen LogP) is 2.36. The molecule has 2 atom stereocenters. The van der Waals surface area contributed by atoms with Crippen molar-refractivity contribution >= 4 is 27.5 Å². The minimum absolute atomic E-state index is 0.142. The second-order valence-electron chi connectivity index (χ2n) is 6.42. The van der Waals surface area contributed by atoms with Gasteiger partial charge in [0.05, 0.1) is 10.7 Å². The van der Waals surface area contributed by atoms with Crippen molar-refractivity contribution in [3.05, 3.63) is 30.0 Å². The minimum atomic E-state index is 0.142. The van der Waals surface area contributed by atoms with E-state index in [0.29, 0.717) is 17.3 Å². The Labute approximate surface area is 127 Å².